The van der Waals surface area contributed by atoms with Gasteiger partial charge in [-0.3, -0.25) is 23.7 Å². The normalized spacial score (nSPS) is 27.7. The monoisotopic (exact) mass is 492 g/mol. The van der Waals surface area contributed by atoms with E-state index in [-0.39, 0.29) is 29.8 Å². The molecule has 1 fully saturated rings. The van der Waals surface area contributed by atoms with Crippen LogP contribution in [0.25, 0.3) is 11.2 Å². The summed E-state index contributed by atoms with van der Waals surface area (Å²) in [6.45, 7) is 6.16. The molecule has 0 aliphatic carbocycles. The Bertz CT molecular complexity index is 1070. The van der Waals surface area contributed by atoms with Gasteiger partial charge < -0.3 is 24.8 Å². The fourth-order valence-electron chi connectivity index (χ4n) is 3.23. The van der Waals surface area contributed by atoms with Gasteiger partial charge in [-0.15, -0.1) is 11.6 Å². The number of halogens is 1. The number of aliphatic hydroxyl groups is 1. The van der Waals surface area contributed by atoms with Gasteiger partial charge in [-0.1, -0.05) is 0 Å². The number of fused-ring (bicyclic) bond motifs is 1. The van der Waals surface area contributed by atoms with Gasteiger partial charge in [0.2, 0.25) is 5.95 Å². The first-order chi connectivity index (χ1) is 14.9. The van der Waals surface area contributed by atoms with E-state index in [9.17, 15) is 19.3 Å². The van der Waals surface area contributed by atoms with E-state index < -0.39 is 49.1 Å². The highest BCUT2D eigenvalue weighted by Gasteiger charge is 2.53. The summed E-state index contributed by atoms with van der Waals surface area (Å²) in [7, 11) is -2.86. The predicted molar refractivity (Wildman–Crippen MR) is 116 cm³/mol. The average Bonchev–Trinajstić information content (AvgIpc) is 3.19. The summed E-state index contributed by atoms with van der Waals surface area (Å²) in [6.07, 6.45) is -2.19. The number of carbonyl (C=O) groups excluding carboxylic acids is 1. The number of alkyl halides is 1. The van der Waals surface area contributed by atoms with E-state index >= 15 is 0 Å². The van der Waals surface area contributed by atoms with Gasteiger partial charge in [0.25, 0.3) is 13.7 Å². The van der Waals surface area contributed by atoms with Gasteiger partial charge in [-0.05, 0) is 27.7 Å². The molecule has 2 aromatic rings. The summed E-state index contributed by atoms with van der Waals surface area (Å²) in [5.41, 5.74) is 5.25. The first kappa shape index (κ1) is 24.6. The summed E-state index contributed by atoms with van der Waals surface area (Å²) >= 11 is 6.57. The van der Waals surface area contributed by atoms with Gasteiger partial charge in [0.15, 0.2) is 17.4 Å². The zero-order valence-corrected chi connectivity index (χ0v) is 19.6. The van der Waals surface area contributed by atoms with Crippen molar-refractivity contribution in [2.45, 2.75) is 63.2 Å². The highest BCUT2D eigenvalue weighted by Crippen LogP contribution is 2.44. The van der Waals surface area contributed by atoms with E-state index in [1.165, 1.54) is 24.7 Å². The van der Waals surface area contributed by atoms with Crippen LogP contribution in [-0.4, -0.2) is 66.4 Å². The Kier molecular flexibility index (Phi) is 7.28. The van der Waals surface area contributed by atoms with Crippen molar-refractivity contribution in [2.24, 2.45) is 0 Å². The maximum absolute atomic E-state index is 12.2. The van der Waals surface area contributed by atoms with Crippen LogP contribution in [0.4, 0.5) is 5.95 Å². The summed E-state index contributed by atoms with van der Waals surface area (Å²) in [4.78, 5) is 32.9. The van der Waals surface area contributed by atoms with Gasteiger partial charge >= 0.3 is 5.97 Å². The minimum Gasteiger partial charge on any atom is -0.462 e. The van der Waals surface area contributed by atoms with Crippen molar-refractivity contribution in [1.82, 2.24) is 24.6 Å². The SMILES string of the molecule is CC(C)OC(=O)[C@H](C)N[PH](=O)OC[C@H]1O[C@@H](n2cnc3c(=O)[nH]c(N)nc32)[C@](C)(Cl)[C@@H]1O. The average molecular weight is 493 g/mol. The fraction of sp³-hybridized carbons (Fsp3) is 0.647. The molecule has 1 saturated heterocycles. The summed E-state index contributed by atoms with van der Waals surface area (Å²) in [6, 6.07) is -0.851. The maximum Gasteiger partial charge on any atom is 0.323 e. The van der Waals surface area contributed by atoms with Crippen LogP contribution in [0.2, 0.25) is 0 Å². The molecule has 3 heterocycles. The van der Waals surface area contributed by atoms with Crippen LogP contribution in [0.15, 0.2) is 11.1 Å². The lowest BCUT2D eigenvalue weighted by Crippen LogP contribution is -2.40. The standard InChI is InChI=1S/C17H26ClN6O7P/c1-7(2)30-14(27)8(3)23-32(28)29-5-9-11(25)17(4,18)15(31-9)24-6-20-10-12(24)21-16(19)22-13(10)26/h6-9,11,15,25,32H,5H2,1-4H3,(H,23,28)(H3,19,21,22,26)/t8-,9+,11+,15+,17+/m0/s1. The Balaban J connectivity index is 1.69. The van der Waals surface area contributed by atoms with Gasteiger partial charge in [0.1, 0.15) is 23.1 Å². The molecule has 0 radical (unpaired) electrons. The van der Waals surface area contributed by atoms with E-state index in [4.69, 9.17) is 31.3 Å². The quantitative estimate of drug-likeness (QED) is 0.225. The van der Waals surface area contributed by atoms with Crippen molar-refractivity contribution in [3.8, 4) is 0 Å². The molecule has 2 aromatic heterocycles. The number of esters is 1. The molecule has 1 aliphatic rings. The molecule has 0 amide bonds. The number of ether oxygens (including phenoxy) is 2. The Morgan fingerprint density at radius 2 is 2.22 bits per heavy atom. The molecule has 15 heteroatoms. The summed E-state index contributed by atoms with van der Waals surface area (Å²) in [5.74, 6) is -0.685. The Morgan fingerprint density at radius 1 is 1.53 bits per heavy atom. The molecular formula is C17H26ClN6O7P. The highest BCUT2D eigenvalue weighted by atomic mass is 35.5. The third-order valence-corrected chi connectivity index (χ3v) is 6.35. The minimum atomic E-state index is -2.86. The van der Waals surface area contributed by atoms with Crippen molar-refractivity contribution in [3.05, 3.63) is 16.7 Å². The van der Waals surface area contributed by atoms with Crippen LogP contribution < -0.4 is 16.4 Å². The molecular weight excluding hydrogens is 467 g/mol. The molecule has 3 rings (SSSR count). The molecule has 6 atom stereocenters. The molecule has 0 aromatic carbocycles. The molecule has 5 N–H and O–H groups in total. The highest BCUT2D eigenvalue weighted by molar-refractivity contribution is 7.36. The van der Waals surface area contributed by atoms with Crippen molar-refractivity contribution in [3.63, 3.8) is 0 Å². The third kappa shape index (κ3) is 4.98. The van der Waals surface area contributed by atoms with Crippen LogP contribution in [0.3, 0.4) is 0 Å². The lowest BCUT2D eigenvalue weighted by atomic mass is 10.0. The number of nitrogens with zero attached hydrogens (tertiary/aromatic N) is 3. The molecule has 32 heavy (non-hydrogen) atoms. The molecule has 0 saturated carbocycles. The number of nitrogens with two attached hydrogens (primary N) is 1. The van der Waals surface area contributed by atoms with Crippen LogP contribution >= 0.6 is 19.8 Å². The number of H-pyrrole nitrogens is 1. The number of nitrogen functional groups attached to an aromatic ring is 1. The number of anilines is 1. The van der Waals surface area contributed by atoms with Crippen molar-refractivity contribution < 1.29 is 28.5 Å². The first-order valence-corrected chi connectivity index (χ1v) is 11.5. The topological polar surface area (TPSA) is 184 Å². The Labute approximate surface area is 188 Å². The molecule has 1 unspecified atom stereocenters. The molecule has 178 valence electrons. The zero-order chi connectivity index (χ0) is 23.8. The van der Waals surface area contributed by atoms with Crippen molar-refractivity contribution in [1.29, 1.82) is 0 Å². The van der Waals surface area contributed by atoms with Crippen LogP contribution in [0, 0.1) is 0 Å². The number of rotatable bonds is 8. The van der Waals surface area contributed by atoms with E-state index in [1.54, 1.807) is 13.8 Å². The van der Waals surface area contributed by atoms with E-state index in [0.29, 0.717) is 0 Å². The number of aromatic nitrogens is 4. The van der Waals surface area contributed by atoms with Gasteiger partial charge in [-0.25, -0.2) is 10.1 Å². The second kappa shape index (κ2) is 9.46. The lowest BCUT2D eigenvalue weighted by Gasteiger charge is -2.26. The molecule has 0 spiro atoms. The van der Waals surface area contributed by atoms with Gasteiger partial charge in [0.05, 0.1) is 19.0 Å². The van der Waals surface area contributed by atoms with Crippen LogP contribution in [0.5, 0.6) is 0 Å². The minimum absolute atomic E-state index is 0.0287. The number of aromatic amines is 1. The van der Waals surface area contributed by atoms with E-state index in [1.807, 2.05) is 0 Å². The van der Waals surface area contributed by atoms with Crippen molar-refractivity contribution in [2.75, 3.05) is 12.3 Å². The number of hydrogen-bond donors (Lipinski definition) is 4. The number of imidazole rings is 1. The number of aliphatic hydroxyl groups excluding tert-OH is 1. The predicted octanol–water partition coefficient (Wildman–Crippen LogP) is 0.294. The summed E-state index contributed by atoms with van der Waals surface area (Å²) in [5, 5.41) is 13.2. The summed E-state index contributed by atoms with van der Waals surface area (Å²) < 4.78 is 29.8. The molecule has 13 nitrogen and oxygen atoms in total. The second-order valence-electron chi connectivity index (χ2n) is 7.85. The fourth-order valence-corrected chi connectivity index (χ4v) is 4.40. The lowest BCUT2D eigenvalue weighted by molar-refractivity contribution is -0.149. The van der Waals surface area contributed by atoms with E-state index in [0.717, 1.165) is 0 Å². The van der Waals surface area contributed by atoms with Crippen molar-refractivity contribution >= 4 is 42.9 Å². The van der Waals surface area contributed by atoms with Crippen LogP contribution in [0.1, 0.15) is 33.9 Å². The number of nitrogens with one attached hydrogen (secondary N) is 2. The van der Waals surface area contributed by atoms with Crippen LogP contribution in [-0.2, 0) is 23.4 Å². The molecule has 1 aliphatic heterocycles. The Morgan fingerprint density at radius 3 is 2.88 bits per heavy atom. The second-order valence-corrected chi connectivity index (χ2v) is 9.81. The first-order valence-electron chi connectivity index (χ1n) is 9.80. The number of carbonyl (C=O) groups is 1. The number of hydrogen-bond acceptors (Lipinski definition) is 10. The van der Waals surface area contributed by atoms with Gasteiger partial charge in [-0.2, -0.15) is 4.98 Å². The van der Waals surface area contributed by atoms with Gasteiger partial charge in [0, 0.05) is 0 Å². The third-order valence-electron chi connectivity index (χ3n) is 4.84. The maximum atomic E-state index is 12.2. The Hall–Kier alpha value is -2.02. The largest absolute Gasteiger partial charge is 0.462 e. The smallest absolute Gasteiger partial charge is 0.323 e. The van der Waals surface area contributed by atoms with E-state index in [2.05, 4.69) is 20.0 Å². The zero-order valence-electron chi connectivity index (χ0n) is 17.9. The molecule has 0 bridgehead atoms.